The maximum Gasteiger partial charge on any atom is 0.119 e. The number of hydrogen-bond donors (Lipinski definition) is 2. The molecular weight excluding hydrogens is 208 g/mol. The van der Waals surface area contributed by atoms with Gasteiger partial charge < -0.3 is 19.7 Å². The zero-order chi connectivity index (χ0) is 12.0. The fraction of sp³-hybridized carbons (Fsp3) is 0.500. The van der Waals surface area contributed by atoms with E-state index in [1.54, 1.807) is 25.1 Å². The molecular formula is C12H18O4. The van der Waals surface area contributed by atoms with E-state index in [2.05, 4.69) is 0 Å². The molecule has 2 unspecified atom stereocenters. The van der Waals surface area contributed by atoms with E-state index < -0.39 is 12.2 Å². The molecule has 2 atom stereocenters. The molecule has 0 amide bonds. The van der Waals surface area contributed by atoms with Gasteiger partial charge in [0.15, 0.2) is 0 Å². The molecule has 0 saturated carbocycles. The van der Waals surface area contributed by atoms with Crippen molar-refractivity contribution in [2.75, 3.05) is 20.3 Å². The molecule has 1 aromatic carbocycles. The van der Waals surface area contributed by atoms with E-state index in [0.29, 0.717) is 5.75 Å². The molecule has 4 heteroatoms. The van der Waals surface area contributed by atoms with Gasteiger partial charge in [-0.25, -0.2) is 0 Å². The Balaban J connectivity index is 2.50. The largest absolute Gasteiger partial charge is 0.491 e. The van der Waals surface area contributed by atoms with Crippen LogP contribution in [0.4, 0.5) is 0 Å². The van der Waals surface area contributed by atoms with Crippen molar-refractivity contribution in [3.8, 4) is 5.75 Å². The van der Waals surface area contributed by atoms with Gasteiger partial charge in [-0.05, 0) is 24.6 Å². The second kappa shape index (κ2) is 6.48. The number of ether oxygens (including phenoxy) is 2. The molecule has 0 aliphatic heterocycles. The molecule has 0 fully saturated rings. The topological polar surface area (TPSA) is 58.9 Å². The third-order valence-electron chi connectivity index (χ3n) is 2.14. The van der Waals surface area contributed by atoms with Gasteiger partial charge in [-0.2, -0.15) is 0 Å². The van der Waals surface area contributed by atoms with Crippen LogP contribution in [-0.4, -0.2) is 36.6 Å². The first-order chi connectivity index (χ1) is 7.63. The van der Waals surface area contributed by atoms with Crippen LogP contribution < -0.4 is 4.74 Å². The molecule has 0 bridgehead atoms. The van der Waals surface area contributed by atoms with Crippen molar-refractivity contribution in [3.05, 3.63) is 29.8 Å². The van der Waals surface area contributed by atoms with E-state index in [0.717, 1.165) is 5.56 Å². The maximum absolute atomic E-state index is 9.39. The van der Waals surface area contributed by atoms with Gasteiger partial charge in [0.2, 0.25) is 0 Å². The highest BCUT2D eigenvalue weighted by Gasteiger charge is 2.06. The lowest BCUT2D eigenvalue weighted by atomic mass is 10.1. The quantitative estimate of drug-likeness (QED) is 0.763. The molecule has 0 heterocycles. The number of rotatable bonds is 6. The lowest BCUT2D eigenvalue weighted by Gasteiger charge is -2.12. The van der Waals surface area contributed by atoms with Gasteiger partial charge in [0.1, 0.15) is 18.5 Å². The van der Waals surface area contributed by atoms with Crippen molar-refractivity contribution in [3.63, 3.8) is 0 Å². The van der Waals surface area contributed by atoms with Crippen molar-refractivity contribution < 1.29 is 19.7 Å². The van der Waals surface area contributed by atoms with Gasteiger partial charge in [-0.1, -0.05) is 12.1 Å². The fourth-order valence-corrected chi connectivity index (χ4v) is 1.30. The van der Waals surface area contributed by atoms with E-state index in [1.807, 2.05) is 6.07 Å². The Hall–Kier alpha value is -1.10. The zero-order valence-corrected chi connectivity index (χ0v) is 9.59. The normalized spacial score (nSPS) is 14.5. The lowest BCUT2D eigenvalue weighted by Crippen LogP contribution is -2.22. The van der Waals surface area contributed by atoms with Crippen molar-refractivity contribution >= 4 is 0 Å². The minimum absolute atomic E-state index is 0.178. The first kappa shape index (κ1) is 13.0. The molecule has 4 nitrogen and oxygen atoms in total. The summed E-state index contributed by atoms with van der Waals surface area (Å²) in [6.07, 6.45) is -1.16. The lowest BCUT2D eigenvalue weighted by molar-refractivity contribution is 0.0325. The molecule has 1 rings (SSSR count). The van der Waals surface area contributed by atoms with E-state index in [4.69, 9.17) is 9.47 Å². The second-order valence-electron chi connectivity index (χ2n) is 3.67. The summed E-state index contributed by atoms with van der Waals surface area (Å²) in [4.78, 5) is 0. The number of methoxy groups -OCH3 is 1. The van der Waals surface area contributed by atoms with Crippen molar-refractivity contribution in [1.29, 1.82) is 0 Å². The SMILES string of the molecule is COCC(O)COc1cccc(C(C)O)c1. The van der Waals surface area contributed by atoms with Crippen LogP contribution in [0, 0.1) is 0 Å². The van der Waals surface area contributed by atoms with E-state index in [1.165, 1.54) is 7.11 Å². The zero-order valence-electron chi connectivity index (χ0n) is 9.59. The van der Waals surface area contributed by atoms with Crippen LogP contribution in [0.3, 0.4) is 0 Å². The molecule has 0 aromatic heterocycles. The van der Waals surface area contributed by atoms with Gasteiger partial charge in [0.25, 0.3) is 0 Å². The van der Waals surface area contributed by atoms with E-state index in [-0.39, 0.29) is 13.2 Å². The third-order valence-corrected chi connectivity index (χ3v) is 2.14. The van der Waals surface area contributed by atoms with Gasteiger partial charge in [0.05, 0.1) is 12.7 Å². The number of benzene rings is 1. The highest BCUT2D eigenvalue weighted by atomic mass is 16.5. The second-order valence-corrected chi connectivity index (χ2v) is 3.67. The van der Waals surface area contributed by atoms with Gasteiger partial charge in [0, 0.05) is 7.11 Å². The van der Waals surface area contributed by atoms with Gasteiger partial charge >= 0.3 is 0 Å². The van der Waals surface area contributed by atoms with Crippen LogP contribution in [0.1, 0.15) is 18.6 Å². The first-order valence-electron chi connectivity index (χ1n) is 5.21. The van der Waals surface area contributed by atoms with Gasteiger partial charge in [-0.3, -0.25) is 0 Å². The minimum atomic E-state index is -0.639. The summed E-state index contributed by atoms with van der Waals surface area (Å²) in [6.45, 7) is 2.12. The summed E-state index contributed by atoms with van der Waals surface area (Å²) in [7, 11) is 1.53. The summed E-state index contributed by atoms with van der Waals surface area (Å²) < 4.78 is 10.2. The summed E-state index contributed by atoms with van der Waals surface area (Å²) in [5.74, 6) is 0.633. The summed E-state index contributed by atoms with van der Waals surface area (Å²) in [5.41, 5.74) is 0.790. The average Bonchev–Trinajstić information content (AvgIpc) is 2.27. The molecule has 90 valence electrons. The molecule has 2 N–H and O–H groups in total. The van der Waals surface area contributed by atoms with E-state index in [9.17, 15) is 10.2 Å². The van der Waals surface area contributed by atoms with Crippen molar-refractivity contribution in [1.82, 2.24) is 0 Å². The highest BCUT2D eigenvalue weighted by Crippen LogP contribution is 2.18. The van der Waals surface area contributed by atoms with Gasteiger partial charge in [-0.15, -0.1) is 0 Å². The Morgan fingerprint density at radius 2 is 2.00 bits per heavy atom. The van der Waals surface area contributed by atoms with Crippen LogP contribution in [0.5, 0.6) is 5.75 Å². The molecule has 0 saturated heterocycles. The van der Waals surface area contributed by atoms with Crippen LogP contribution in [0.2, 0.25) is 0 Å². The Bertz CT molecular complexity index is 312. The molecule has 0 aliphatic rings. The number of aliphatic hydroxyl groups is 2. The smallest absolute Gasteiger partial charge is 0.119 e. The Morgan fingerprint density at radius 3 is 2.62 bits per heavy atom. The molecule has 1 aromatic rings. The minimum Gasteiger partial charge on any atom is -0.491 e. The predicted octanol–water partition coefficient (Wildman–Crippen LogP) is 1.13. The molecule has 0 aliphatic carbocycles. The Kier molecular flexibility index (Phi) is 5.25. The van der Waals surface area contributed by atoms with Crippen molar-refractivity contribution in [2.24, 2.45) is 0 Å². The van der Waals surface area contributed by atoms with Crippen molar-refractivity contribution in [2.45, 2.75) is 19.1 Å². The maximum atomic E-state index is 9.39. The summed E-state index contributed by atoms with van der Waals surface area (Å²) in [6, 6.07) is 7.17. The molecule has 0 radical (unpaired) electrons. The fourth-order valence-electron chi connectivity index (χ4n) is 1.30. The summed E-state index contributed by atoms with van der Waals surface area (Å²) >= 11 is 0. The molecule has 0 spiro atoms. The standard InChI is InChI=1S/C12H18O4/c1-9(13)10-4-3-5-12(6-10)16-8-11(14)7-15-2/h3-6,9,11,13-14H,7-8H2,1-2H3. The monoisotopic (exact) mass is 226 g/mol. The Morgan fingerprint density at radius 1 is 1.25 bits per heavy atom. The third kappa shape index (κ3) is 4.18. The van der Waals surface area contributed by atoms with Crippen LogP contribution in [0.15, 0.2) is 24.3 Å². The molecule has 16 heavy (non-hydrogen) atoms. The average molecular weight is 226 g/mol. The first-order valence-corrected chi connectivity index (χ1v) is 5.21. The van der Waals surface area contributed by atoms with Crippen LogP contribution in [0.25, 0.3) is 0 Å². The van der Waals surface area contributed by atoms with Crippen LogP contribution in [-0.2, 0) is 4.74 Å². The van der Waals surface area contributed by atoms with E-state index >= 15 is 0 Å². The highest BCUT2D eigenvalue weighted by molar-refractivity contribution is 5.29. The van der Waals surface area contributed by atoms with Crippen LogP contribution >= 0.6 is 0 Å². The number of hydrogen-bond acceptors (Lipinski definition) is 4. The summed E-state index contributed by atoms with van der Waals surface area (Å²) in [5, 5.41) is 18.8. The Labute approximate surface area is 95.4 Å². The number of aliphatic hydroxyl groups excluding tert-OH is 2. The predicted molar refractivity (Wildman–Crippen MR) is 60.5 cm³/mol.